The van der Waals surface area contributed by atoms with Crippen molar-refractivity contribution in [3.63, 3.8) is 0 Å². The fraction of sp³-hybridized carbons (Fsp3) is 0.619. The third-order valence-electron chi connectivity index (χ3n) is 5.51. The highest BCUT2D eigenvalue weighted by Gasteiger charge is 2.28. The Morgan fingerprint density at radius 3 is 2.68 bits per heavy atom. The standard InChI is InChI=1S/C21H31N3O3.HI/c1-3-26-20(25)15-8-10-17(11-9-15)24-21(22-2)23-14-16-12-13-27-19-7-5-4-6-18(16)19;/h4-7,15-17H,3,8-14H2,1-2H3,(H2,22,23,24);1H. The molecule has 1 saturated carbocycles. The summed E-state index contributed by atoms with van der Waals surface area (Å²) in [5.74, 6) is 2.26. The van der Waals surface area contributed by atoms with Gasteiger partial charge in [-0.2, -0.15) is 0 Å². The average Bonchev–Trinajstić information content (AvgIpc) is 2.71. The average molecular weight is 501 g/mol. The first-order valence-corrected chi connectivity index (χ1v) is 10.1. The summed E-state index contributed by atoms with van der Waals surface area (Å²) >= 11 is 0. The van der Waals surface area contributed by atoms with Crippen LogP contribution in [0.25, 0.3) is 0 Å². The fourth-order valence-corrected chi connectivity index (χ4v) is 3.97. The van der Waals surface area contributed by atoms with Gasteiger partial charge in [-0.3, -0.25) is 9.79 Å². The van der Waals surface area contributed by atoms with E-state index in [0.29, 0.717) is 18.6 Å². The van der Waals surface area contributed by atoms with Crippen LogP contribution in [0.4, 0.5) is 0 Å². The predicted octanol–water partition coefficient (Wildman–Crippen LogP) is 3.46. The van der Waals surface area contributed by atoms with E-state index in [1.165, 1.54) is 5.56 Å². The van der Waals surface area contributed by atoms with Crippen LogP contribution in [0.5, 0.6) is 5.75 Å². The second-order valence-corrected chi connectivity index (χ2v) is 7.27. The first-order chi connectivity index (χ1) is 13.2. The summed E-state index contributed by atoms with van der Waals surface area (Å²) in [5.41, 5.74) is 1.27. The van der Waals surface area contributed by atoms with Crippen LogP contribution >= 0.6 is 24.0 Å². The molecule has 1 unspecified atom stereocenters. The van der Waals surface area contributed by atoms with Gasteiger partial charge in [-0.25, -0.2) is 0 Å². The van der Waals surface area contributed by atoms with Gasteiger partial charge in [-0.15, -0.1) is 24.0 Å². The van der Waals surface area contributed by atoms with E-state index in [0.717, 1.165) is 57.0 Å². The molecule has 1 aromatic carbocycles. The van der Waals surface area contributed by atoms with E-state index in [-0.39, 0.29) is 35.9 Å². The lowest BCUT2D eigenvalue weighted by Crippen LogP contribution is -2.46. The Labute approximate surface area is 184 Å². The molecule has 2 N–H and O–H groups in total. The van der Waals surface area contributed by atoms with Crippen molar-refractivity contribution >= 4 is 35.9 Å². The first-order valence-electron chi connectivity index (χ1n) is 10.1. The number of ether oxygens (including phenoxy) is 2. The Bertz CT molecular complexity index is 660. The molecule has 28 heavy (non-hydrogen) atoms. The highest BCUT2D eigenvalue weighted by molar-refractivity contribution is 14.0. The van der Waals surface area contributed by atoms with Gasteiger partial charge in [0.25, 0.3) is 0 Å². The minimum Gasteiger partial charge on any atom is -0.493 e. The molecule has 1 fully saturated rings. The molecule has 1 aliphatic carbocycles. The number of nitrogens with one attached hydrogen (secondary N) is 2. The number of hydrogen-bond donors (Lipinski definition) is 2. The molecule has 1 heterocycles. The van der Waals surface area contributed by atoms with E-state index in [4.69, 9.17) is 9.47 Å². The predicted molar refractivity (Wildman–Crippen MR) is 122 cm³/mol. The molecule has 0 aromatic heterocycles. The lowest BCUT2D eigenvalue weighted by atomic mass is 9.86. The van der Waals surface area contributed by atoms with Gasteiger partial charge in [-0.1, -0.05) is 18.2 Å². The molecule has 0 spiro atoms. The van der Waals surface area contributed by atoms with E-state index >= 15 is 0 Å². The van der Waals surface area contributed by atoms with Crippen LogP contribution in [-0.4, -0.2) is 44.8 Å². The summed E-state index contributed by atoms with van der Waals surface area (Å²) in [6.45, 7) is 3.91. The maximum Gasteiger partial charge on any atom is 0.308 e. The second kappa shape index (κ2) is 11.5. The van der Waals surface area contributed by atoms with Gasteiger partial charge in [0.15, 0.2) is 5.96 Å². The Balaban J connectivity index is 0.00000280. The van der Waals surface area contributed by atoms with E-state index in [1.54, 1.807) is 7.05 Å². The molecule has 1 aliphatic heterocycles. The van der Waals surface area contributed by atoms with E-state index in [2.05, 4.69) is 27.8 Å². The summed E-state index contributed by atoms with van der Waals surface area (Å²) in [6, 6.07) is 8.62. The Morgan fingerprint density at radius 2 is 1.96 bits per heavy atom. The molecule has 1 aromatic rings. The Hall–Kier alpha value is -1.51. The maximum atomic E-state index is 11.9. The number of esters is 1. The van der Waals surface area contributed by atoms with E-state index < -0.39 is 0 Å². The third-order valence-corrected chi connectivity index (χ3v) is 5.51. The largest absolute Gasteiger partial charge is 0.493 e. The number of fused-ring (bicyclic) bond motifs is 1. The molecule has 1 atom stereocenters. The third kappa shape index (κ3) is 5.99. The minimum absolute atomic E-state index is 0. The fourth-order valence-electron chi connectivity index (χ4n) is 3.97. The molecule has 0 amide bonds. The summed E-state index contributed by atoms with van der Waals surface area (Å²) in [6.07, 6.45) is 4.68. The number of halogens is 1. The zero-order valence-electron chi connectivity index (χ0n) is 16.8. The molecule has 2 aliphatic rings. The van der Waals surface area contributed by atoms with Crippen LogP contribution in [0, 0.1) is 5.92 Å². The van der Waals surface area contributed by atoms with Crippen LogP contribution in [0.15, 0.2) is 29.3 Å². The molecular formula is C21H32IN3O3. The highest BCUT2D eigenvalue weighted by atomic mass is 127. The Kier molecular flexibility index (Phi) is 9.34. The molecular weight excluding hydrogens is 469 g/mol. The van der Waals surface area contributed by atoms with E-state index in [9.17, 15) is 4.79 Å². The number of rotatable bonds is 5. The van der Waals surface area contributed by atoms with Crippen molar-refractivity contribution in [3.05, 3.63) is 29.8 Å². The summed E-state index contributed by atoms with van der Waals surface area (Å²) in [5, 5.41) is 6.99. The van der Waals surface area contributed by atoms with Crippen molar-refractivity contribution in [2.75, 3.05) is 26.8 Å². The monoisotopic (exact) mass is 501 g/mol. The zero-order chi connectivity index (χ0) is 19.1. The minimum atomic E-state index is -0.0448. The van der Waals surface area contributed by atoms with Gasteiger partial charge in [0.1, 0.15) is 5.75 Å². The van der Waals surface area contributed by atoms with Gasteiger partial charge in [0.05, 0.1) is 19.1 Å². The van der Waals surface area contributed by atoms with Crippen molar-refractivity contribution < 1.29 is 14.3 Å². The molecule has 7 heteroatoms. The molecule has 3 rings (SSSR count). The van der Waals surface area contributed by atoms with Gasteiger partial charge in [0.2, 0.25) is 0 Å². The summed E-state index contributed by atoms with van der Waals surface area (Å²) in [7, 11) is 1.80. The number of carbonyl (C=O) groups is 1. The number of carbonyl (C=O) groups excluding carboxylic acids is 1. The van der Waals surface area contributed by atoms with Gasteiger partial charge in [0, 0.05) is 25.6 Å². The quantitative estimate of drug-likeness (QED) is 0.280. The van der Waals surface area contributed by atoms with Crippen molar-refractivity contribution in [2.24, 2.45) is 10.9 Å². The maximum absolute atomic E-state index is 11.9. The first kappa shape index (κ1) is 22.8. The number of para-hydroxylation sites is 1. The summed E-state index contributed by atoms with van der Waals surface area (Å²) < 4.78 is 10.9. The van der Waals surface area contributed by atoms with Crippen molar-refractivity contribution in [3.8, 4) is 5.75 Å². The van der Waals surface area contributed by atoms with E-state index in [1.807, 2.05) is 19.1 Å². The Morgan fingerprint density at radius 1 is 1.21 bits per heavy atom. The lowest BCUT2D eigenvalue weighted by molar-refractivity contribution is -0.149. The normalized spacial score (nSPS) is 24.2. The SMILES string of the molecule is CCOC(=O)C1CCC(NC(=NC)NCC2CCOc3ccccc32)CC1.I. The van der Waals surface area contributed by atoms with Gasteiger partial charge >= 0.3 is 5.97 Å². The molecule has 0 saturated heterocycles. The van der Waals surface area contributed by atoms with Crippen LogP contribution in [0.1, 0.15) is 50.5 Å². The molecule has 6 nitrogen and oxygen atoms in total. The van der Waals surface area contributed by atoms with Crippen LogP contribution in [0.2, 0.25) is 0 Å². The lowest BCUT2D eigenvalue weighted by Gasteiger charge is -2.30. The van der Waals surface area contributed by atoms with Crippen molar-refractivity contribution in [2.45, 2.75) is 51.0 Å². The number of nitrogens with zero attached hydrogens (tertiary/aromatic N) is 1. The van der Waals surface area contributed by atoms with Crippen molar-refractivity contribution in [1.29, 1.82) is 0 Å². The molecule has 156 valence electrons. The zero-order valence-corrected chi connectivity index (χ0v) is 19.1. The summed E-state index contributed by atoms with van der Waals surface area (Å²) in [4.78, 5) is 16.3. The van der Waals surface area contributed by atoms with Crippen LogP contribution in [0.3, 0.4) is 0 Å². The van der Waals surface area contributed by atoms with Crippen molar-refractivity contribution in [1.82, 2.24) is 10.6 Å². The van der Waals surface area contributed by atoms with Gasteiger partial charge < -0.3 is 20.1 Å². The number of aliphatic imine (C=N–C) groups is 1. The van der Waals surface area contributed by atoms with Gasteiger partial charge in [-0.05, 0) is 50.7 Å². The molecule has 0 radical (unpaired) electrons. The number of benzene rings is 1. The van der Waals surface area contributed by atoms with Crippen LogP contribution < -0.4 is 15.4 Å². The van der Waals surface area contributed by atoms with Crippen LogP contribution in [-0.2, 0) is 9.53 Å². The smallest absolute Gasteiger partial charge is 0.308 e. The highest BCUT2D eigenvalue weighted by Crippen LogP contribution is 2.32. The topological polar surface area (TPSA) is 72.0 Å². The second-order valence-electron chi connectivity index (χ2n) is 7.27. The number of guanidine groups is 1. The number of hydrogen-bond acceptors (Lipinski definition) is 4. The molecule has 0 bridgehead atoms.